The lowest BCUT2D eigenvalue weighted by molar-refractivity contribution is 0.102. The zero-order valence-electron chi connectivity index (χ0n) is 20.4. The van der Waals surface area contributed by atoms with Crippen molar-refractivity contribution in [2.75, 3.05) is 30.4 Å². The molecule has 1 aliphatic heterocycles. The van der Waals surface area contributed by atoms with Crippen LogP contribution in [0.4, 0.5) is 11.4 Å². The Morgan fingerprint density at radius 2 is 1.78 bits per heavy atom. The van der Waals surface area contributed by atoms with Crippen LogP contribution in [0.5, 0.6) is 5.75 Å². The molecule has 0 unspecified atom stereocenters. The van der Waals surface area contributed by atoms with E-state index >= 15 is 0 Å². The molecule has 188 valence electrons. The minimum atomic E-state index is -3.87. The van der Waals surface area contributed by atoms with Crippen LogP contribution in [0.2, 0.25) is 0 Å². The van der Waals surface area contributed by atoms with Gasteiger partial charge in [-0.25, -0.2) is 13.1 Å². The number of fused-ring (bicyclic) bond motifs is 1. The summed E-state index contributed by atoms with van der Waals surface area (Å²) in [6.07, 6.45) is 4.69. The molecule has 2 N–H and O–H groups in total. The number of hydrogen-bond acceptors (Lipinski definition) is 5. The fourth-order valence-electron chi connectivity index (χ4n) is 5.12. The zero-order valence-corrected chi connectivity index (χ0v) is 21.2. The van der Waals surface area contributed by atoms with Crippen molar-refractivity contribution in [1.82, 2.24) is 4.72 Å². The molecule has 1 saturated heterocycles. The summed E-state index contributed by atoms with van der Waals surface area (Å²) in [5.74, 6) is 0.243. The summed E-state index contributed by atoms with van der Waals surface area (Å²) in [7, 11) is -2.32. The Hall–Kier alpha value is -3.36. The van der Waals surface area contributed by atoms with Gasteiger partial charge in [-0.05, 0) is 79.6 Å². The number of carbonyl (C=O) groups excluding carboxylic acids is 1. The Morgan fingerprint density at radius 3 is 2.58 bits per heavy atom. The molecule has 1 atom stereocenters. The van der Waals surface area contributed by atoms with Gasteiger partial charge in [-0.15, -0.1) is 0 Å². The summed E-state index contributed by atoms with van der Waals surface area (Å²) in [6.45, 7) is 1.62. The minimum Gasteiger partial charge on any atom is -0.497 e. The highest BCUT2D eigenvalue weighted by atomic mass is 32.2. The lowest BCUT2D eigenvalue weighted by atomic mass is 9.88. The van der Waals surface area contributed by atoms with E-state index in [4.69, 9.17) is 4.74 Å². The second-order valence-electron chi connectivity index (χ2n) is 9.33. The first-order valence-corrected chi connectivity index (χ1v) is 13.9. The number of carbonyl (C=O) groups is 1. The maximum Gasteiger partial charge on any atom is 0.255 e. The van der Waals surface area contributed by atoms with E-state index in [1.54, 1.807) is 49.6 Å². The summed E-state index contributed by atoms with van der Waals surface area (Å²) in [6, 6.07) is 19.7. The van der Waals surface area contributed by atoms with Gasteiger partial charge in [0.05, 0.1) is 12.8 Å². The van der Waals surface area contributed by atoms with Crippen molar-refractivity contribution in [3.05, 3.63) is 83.4 Å². The number of hydrogen-bond donors (Lipinski definition) is 2. The predicted octanol–water partition coefficient (Wildman–Crippen LogP) is 4.90. The molecule has 36 heavy (non-hydrogen) atoms. The molecule has 7 nitrogen and oxygen atoms in total. The van der Waals surface area contributed by atoms with Crippen molar-refractivity contribution in [1.29, 1.82) is 0 Å². The Kier molecular flexibility index (Phi) is 6.98. The van der Waals surface area contributed by atoms with E-state index in [9.17, 15) is 13.2 Å². The number of nitrogens with zero attached hydrogens (tertiary/aromatic N) is 1. The molecule has 1 amide bonds. The van der Waals surface area contributed by atoms with Crippen molar-refractivity contribution < 1.29 is 17.9 Å². The van der Waals surface area contributed by atoms with Gasteiger partial charge < -0.3 is 15.0 Å². The molecular weight excluding hydrogens is 474 g/mol. The monoisotopic (exact) mass is 505 g/mol. The minimum absolute atomic E-state index is 0.191. The molecule has 0 bridgehead atoms. The molecule has 2 aliphatic rings. The highest BCUT2D eigenvalue weighted by Gasteiger charge is 2.29. The van der Waals surface area contributed by atoms with Crippen LogP contribution >= 0.6 is 0 Å². The first-order chi connectivity index (χ1) is 17.4. The summed E-state index contributed by atoms with van der Waals surface area (Å²) in [5.41, 5.74) is 3.76. The lowest BCUT2D eigenvalue weighted by Crippen LogP contribution is -2.32. The molecule has 0 aromatic heterocycles. The van der Waals surface area contributed by atoms with E-state index in [2.05, 4.69) is 21.0 Å². The number of ether oxygens (including phenoxy) is 1. The summed E-state index contributed by atoms with van der Waals surface area (Å²) >= 11 is 0. The van der Waals surface area contributed by atoms with E-state index in [0.717, 1.165) is 50.8 Å². The quantitative estimate of drug-likeness (QED) is 0.477. The maximum atomic E-state index is 13.8. The van der Waals surface area contributed by atoms with Crippen LogP contribution in [0, 0.1) is 0 Å². The van der Waals surface area contributed by atoms with E-state index in [1.165, 1.54) is 5.56 Å². The molecule has 5 rings (SSSR count). The molecule has 0 radical (unpaired) electrons. The molecule has 3 aromatic carbocycles. The second-order valence-corrected chi connectivity index (χ2v) is 11.0. The van der Waals surface area contributed by atoms with Crippen LogP contribution in [0.3, 0.4) is 0 Å². The first-order valence-electron chi connectivity index (χ1n) is 12.4. The van der Waals surface area contributed by atoms with E-state index < -0.39 is 10.0 Å². The van der Waals surface area contributed by atoms with Gasteiger partial charge >= 0.3 is 0 Å². The third-order valence-electron chi connectivity index (χ3n) is 6.95. The van der Waals surface area contributed by atoms with Crippen LogP contribution in [0.25, 0.3) is 0 Å². The lowest BCUT2D eigenvalue weighted by Gasteiger charge is -2.28. The molecule has 8 heteroatoms. The molecule has 1 aliphatic carbocycles. The van der Waals surface area contributed by atoms with Gasteiger partial charge in [-0.2, -0.15) is 0 Å². The van der Waals surface area contributed by atoms with Gasteiger partial charge in [0.2, 0.25) is 10.0 Å². The number of methoxy groups -OCH3 is 1. The van der Waals surface area contributed by atoms with Crippen molar-refractivity contribution in [3.63, 3.8) is 0 Å². The fraction of sp³-hybridized carbons (Fsp3) is 0.321. The van der Waals surface area contributed by atoms with Crippen molar-refractivity contribution >= 4 is 27.3 Å². The number of nitrogens with one attached hydrogen (secondary N) is 2. The number of benzene rings is 3. The third-order valence-corrected chi connectivity index (χ3v) is 8.45. The first kappa shape index (κ1) is 24.3. The Bertz CT molecular complexity index is 1370. The highest BCUT2D eigenvalue weighted by molar-refractivity contribution is 7.89. The number of sulfonamides is 1. The van der Waals surface area contributed by atoms with Crippen molar-refractivity contribution in [3.8, 4) is 5.75 Å². The summed E-state index contributed by atoms with van der Waals surface area (Å²) in [4.78, 5) is 15.2. The Morgan fingerprint density at radius 1 is 0.972 bits per heavy atom. The fourth-order valence-corrected chi connectivity index (χ4v) is 6.62. The van der Waals surface area contributed by atoms with Crippen molar-refractivity contribution in [2.45, 2.75) is 43.0 Å². The van der Waals surface area contributed by atoms with E-state index in [1.807, 2.05) is 18.2 Å². The number of anilines is 2. The standard InChI is InChI=1S/C28H31N3O4S/c1-35-23-11-6-10-21(18-23)28(32)29-22-14-15-26(31-16-4-5-17-31)27(19-22)36(33,34)30-25-13-7-9-20-8-2-3-12-24(20)25/h2-3,6,8,10-12,14-15,18-19,25,30H,4-5,7,9,13,16-17H2,1H3,(H,29,32)/t25-/m1/s1. The van der Waals surface area contributed by atoms with Crippen molar-refractivity contribution in [2.24, 2.45) is 0 Å². The summed E-state index contributed by atoms with van der Waals surface area (Å²) in [5, 5.41) is 2.85. The van der Waals surface area contributed by atoms with Crippen LogP contribution in [-0.2, 0) is 16.4 Å². The maximum absolute atomic E-state index is 13.8. The molecule has 0 spiro atoms. The van der Waals surface area contributed by atoms with E-state index in [0.29, 0.717) is 22.7 Å². The third kappa shape index (κ3) is 5.10. The van der Waals surface area contributed by atoms with Crippen LogP contribution < -0.4 is 19.7 Å². The number of amides is 1. The predicted molar refractivity (Wildman–Crippen MR) is 141 cm³/mol. The van der Waals surface area contributed by atoms with Gasteiger partial charge in [0.15, 0.2) is 0 Å². The number of rotatable bonds is 7. The average Bonchev–Trinajstić information content (AvgIpc) is 3.44. The molecule has 0 saturated carbocycles. The molecule has 1 fully saturated rings. The normalized spacial score (nSPS) is 17.5. The smallest absolute Gasteiger partial charge is 0.255 e. The summed E-state index contributed by atoms with van der Waals surface area (Å²) < 4.78 is 35.8. The highest BCUT2D eigenvalue weighted by Crippen LogP contribution is 2.35. The average molecular weight is 506 g/mol. The Labute approximate surface area is 212 Å². The zero-order chi connectivity index (χ0) is 25.1. The van der Waals surface area contributed by atoms with Crippen LogP contribution in [0.15, 0.2) is 71.6 Å². The molecule has 3 aromatic rings. The van der Waals surface area contributed by atoms with Gasteiger partial charge in [0, 0.05) is 30.4 Å². The Balaban J connectivity index is 1.46. The van der Waals surface area contributed by atoms with E-state index in [-0.39, 0.29) is 16.8 Å². The topological polar surface area (TPSA) is 87.7 Å². The molecule has 1 heterocycles. The second kappa shape index (κ2) is 10.3. The largest absolute Gasteiger partial charge is 0.497 e. The van der Waals surface area contributed by atoms with Gasteiger partial charge in [0.25, 0.3) is 5.91 Å². The molecular formula is C28H31N3O4S. The number of aryl methyl sites for hydroxylation is 1. The van der Waals surface area contributed by atoms with Gasteiger partial charge in [-0.1, -0.05) is 30.3 Å². The SMILES string of the molecule is COc1cccc(C(=O)Nc2ccc(N3CCCC3)c(S(=O)(=O)N[C@@H]3CCCc4ccccc43)c2)c1. The van der Waals surface area contributed by atoms with Crippen LogP contribution in [0.1, 0.15) is 53.2 Å². The van der Waals surface area contributed by atoms with Gasteiger partial charge in [0.1, 0.15) is 10.6 Å². The van der Waals surface area contributed by atoms with Crippen LogP contribution in [-0.4, -0.2) is 34.5 Å². The van der Waals surface area contributed by atoms with Gasteiger partial charge in [-0.3, -0.25) is 4.79 Å².